The Morgan fingerprint density at radius 1 is 1.06 bits per heavy atom. The predicted molar refractivity (Wildman–Crippen MR) is 146 cm³/mol. The van der Waals surface area contributed by atoms with Crippen molar-refractivity contribution in [1.82, 2.24) is 10.2 Å². The van der Waals surface area contributed by atoms with Gasteiger partial charge in [-0.1, -0.05) is 37.3 Å². The van der Waals surface area contributed by atoms with Gasteiger partial charge in [0, 0.05) is 47.9 Å². The van der Waals surface area contributed by atoms with Gasteiger partial charge in [-0.25, -0.2) is 0 Å². The van der Waals surface area contributed by atoms with Crippen molar-refractivity contribution in [1.29, 1.82) is 5.41 Å². The third-order valence-electron chi connectivity index (χ3n) is 6.97. The summed E-state index contributed by atoms with van der Waals surface area (Å²) in [6, 6.07) is 22.9. The largest absolute Gasteiger partial charge is 0.490 e. The molecule has 3 aromatic carbocycles. The van der Waals surface area contributed by atoms with Crippen molar-refractivity contribution in [2.75, 3.05) is 32.4 Å². The number of nitrogens with one attached hydrogen (secondary N) is 2. The number of nitrogen functional groups attached to an aromatic ring is 1. The van der Waals surface area contributed by atoms with Crippen molar-refractivity contribution in [3.8, 4) is 5.75 Å². The second kappa shape index (κ2) is 11.9. The minimum Gasteiger partial charge on any atom is -0.490 e. The zero-order valence-corrected chi connectivity index (χ0v) is 21.2. The Labute approximate surface area is 214 Å². The lowest BCUT2D eigenvalue weighted by atomic mass is 9.96. The summed E-state index contributed by atoms with van der Waals surface area (Å²) in [5.41, 5.74) is 9.94. The number of rotatable bonds is 9. The number of anilines is 1. The Hall–Kier alpha value is -3.64. The number of carbonyl (C=O) groups excluding carboxylic acids is 1. The molecule has 3 aromatic rings. The van der Waals surface area contributed by atoms with Crippen LogP contribution in [0.5, 0.6) is 5.75 Å². The number of hydrogen-bond acceptors (Lipinski definition) is 5. The molecule has 4 rings (SSSR count). The van der Waals surface area contributed by atoms with Gasteiger partial charge in [0.1, 0.15) is 11.9 Å². The standard InChI is InChI=1S/C30H36N4O2/c1-3-21(22-7-5-4-6-8-22)20-33-30(35)24-11-14-28(31)27(19-24)29(32)23-9-12-25(13-10-23)36-26-15-17-34(2)18-16-26/h4-14,19,21,26,32H,3,15-18,20,31H2,1-2H3,(H,33,35). The number of benzene rings is 3. The first-order chi connectivity index (χ1) is 17.4. The first-order valence-electron chi connectivity index (χ1n) is 12.7. The minimum atomic E-state index is -0.166. The van der Waals surface area contributed by atoms with Gasteiger partial charge >= 0.3 is 0 Å². The molecule has 188 valence electrons. The van der Waals surface area contributed by atoms with E-state index in [0.29, 0.717) is 23.4 Å². The lowest BCUT2D eigenvalue weighted by Gasteiger charge is -2.29. The van der Waals surface area contributed by atoms with Crippen molar-refractivity contribution in [2.45, 2.75) is 38.2 Å². The smallest absolute Gasteiger partial charge is 0.251 e. The highest BCUT2D eigenvalue weighted by atomic mass is 16.5. The Kier molecular flexibility index (Phi) is 8.39. The number of likely N-dealkylation sites (tertiary alicyclic amines) is 1. The molecule has 0 saturated carbocycles. The predicted octanol–water partition coefficient (Wildman–Crippen LogP) is 5.08. The Bertz CT molecular complexity index is 1170. The van der Waals surface area contributed by atoms with E-state index < -0.39 is 0 Å². The van der Waals surface area contributed by atoms with Gasteiger partial charge in [-0.15, -0.1) is 0 Å². The highest BCUT2D eigenvalue weighted by molar-refractivity contribution is 6.14. The van der Waals surface area contributed by atoms with Crippen molar-refractivity contribution in [2.24, 2.45) is 0 Å². The molecule has 36 heavy (non-hydrogen) atoms. The first-order valence-corrected chi connectivity index (χ1v) is 12.7. The van der Waals surface area contributed by atoms with Crippen LogP contribution >= 0.6 is 0 Å². The highest BCUT2D eigenvalue weighted by Crippen LogP contribution is 2.23. The molecular formula is C30H36N4O2. The van der Waals surface area contributed by atoms with Crippen LogP contribution in [-0.4, -0.2) is 49.3 Å². The van der Waals surface area contributed by atoms with Crippen LogP contribution in [0.15, 0.2) is 72.8 Å². The van der Waals surface area contributed by atoms with Crippen LogP contribution in [0.4, 0.5) is 5.69 Å². The fourth-order valence-corrected chi connectivity index (χ4v) is 4.61. The summed E-state index contributed by atoms with van der Waals surface area (Å²) in [6.45, 7) is 4.76. The number of piperidine rings is 1. The van der Waals surface area contributed by atoms with Crippen molar-refractivity contribution < 1.29 is 9.53 Å². The second-order valence-electron chi connectivity index (χ2n) is 9.55. The summed E-state index contributed by atoms with van der Waals surface area (Å²) in [5, 5.41) is 11.8. The number of hydrogen-bond donors (Lipinski definition) is 3. The van der Waals surface area contributed by atoms with Gasteiger partial charge in [-0.05, 0) is 74.3 Å². The molecule has 4 N–H and O–H groups in total. The normalized spacial score (nSPS) is 15.3. The number of nitrogens with two attached hydrogens (primary N) is 1. The van der Waals surface area contributed by atoms with Crippen molar-refractivity contribution in [3.63, 3.8) is 0 Å². The topological polar surface area (TPSA) is 91.4 Å². The maximum Gasteiger partial charge on any atom is 0.251 e. The van der Waals surface area contributed by atoms with Gasteiger partial charge in [0.25, 0.3) is 5.91 Å². The number of carbonyl (C=O) groups is 1. The third-order valence-corrected chi connectivity index (χ3v) is 6.97. The molecule has 6 heteroatoms. The molecular weight excluding hydrogens is 448 g/mol. The Morgan fingerprint density at radius 2 is 1.72 bits per heavy atom. The van der Waals surface area contributed by atoms with Gasteiger partial charge in [0.15, 0.2) is 0 Å². The van der Waals surface area contributed by atoms with Gasteiger partial charge < -0.3 is 20.7 Å². The molecule has 0 bridgehead atoms. The average Bonchev–Trinajstić information content (AvgIpc) is 2.91. The summed E-state index contributed by atoms with van der Waals surface area (Å²) in [6.07, 6.45) is 3.19. The summed E-state index contributed by atoms with van der Waals surface area (Å²) in [4.78, 5) is 15.2. The fraction of sp³-hybridized carbons (Fsp3) is 0.333. The van der Waals surface area contributed by atoms with E-state index in [1.165, 1.54) is 5.56 Å². The fourth-order valence-electron chi connectivity index (χ4n) is 4.61. The van der Waals surface area contributed by atoms with E-state index in [-0.39, 0.29) is 23.6 Å². The maximum absolute atomic E-state index is 12.9. The molecule has 1 aliphatic rings. The van der Waals surface area contributed by atoms with Crippen molar-refractivity contribution in [3.05, 3.63) is 95.1 Å². The van der Waals surface area contributed by atoms with Crippen molar-refractivity contribution >= 4 is 17.3 Å². The van der Waals surface area contributed by atoms with Crippen LogP contribution in [-0.2, 0) is 0 Å². The van der Waals surface area contributed by atoms with E-state index in [2.05, 4.69) is 36.3 Å². The molecule has 0 aliphatic carbocycles. The summed E-state index contributed by atoms with van der Waals surface area (Å²) < 4.78 is 6.13. The van der Waals surface area contributed by atoms with Crippen LogP contribution in [0.25, 0.3) is 0 Å². The van der Waals surface area contributed by atoms with Gasteiger partial charge in [-0.3, -0.25) is 10.2 Å². The maximum atomic E-state index is 12.9. The van der Waals surface area contributed by atoms with E-state index in [1.54, 1.807) is 18.2 Å². The zero-order valence-electron chi connectivity index (χ0n) is 21.2. The van der Waals surface area contributed by atoms with Crippen LogP contribution < -0.4 is 15.8 Å². The highest BCUT2D eigenvalue weighted by Gasteiger charge is 2.19. The van der Waals surface area contributed by atoms with Crippen LogP contribution in [0.1, 0.15) is 59.2 Å². The van der Waals surface area contributed by atoms with E-state index in [9.17, 15) is 4.79 Å². The molecule has 1 unspecified atom stereocenters. The van der Waals surface area contributed by atoms with Gasteiger partial charge in [0.2, 0.25) is 0 Å². The first kappa shape index (κ1) is 25.5. The summed E-state index contributed by atoms with van der Waals surface area (Å²) in [7, 11) is 2.13. The van der Waals surface area contributed by atoms with Crippen LogP contribution in [0.2, 0.25) is 0 Å². The lowest BCUT2D eigenvalue weighted by Crippen LogP contribution is -2.35. The van der Waals surface area contributed by atoms with E-state index in [4.69, 9.17) is 15.9 Å². The summed E-state index contributed by atoms with van der Waals surface area (Å²) in [5.74, 6) is 0.892. The molecule has 1 aliphatic heterocycles. The molecule has 0 spiro atoms. The average molecular weight is 485 g/mol. The second-order valence-corrected chi connectivity index (χ2v) is 9.55. The zero-order chi connectivity index (χ0) is 25.5. The number of amides is 1. The van der Waals surface area contributed by atoms with E-state index in [0.717, 1.165) is 43.7 Å². The van der Waals surface area contributed by atoms with Crippen LogP contribution in [0.3, 0.4) is 0 Å². The SMILES string of the molecule is CCC(CNC(=O)c1ccc(N)c(C(=N)c2ccc(OC3CCN(C)CC3)cc2)c1)c1ccccc1. The molecule has 0 radical (unpaired) electrons. The third kappa shape index (κ3) is 6.32. The number of nitrogens with zero attached hydrogens (tertiary/aromatic N) is 1. The molecule has 1 fully saturated rings. The molecule has 6 nitrogen and oxygen atoms in total. The van der Waals surface area contributed by atoms with E-state index in [1.807, 2.05) is 42.5 Å². The quantitative estimate of drug-likeness (QED) is 0.292. The van der Waals surface area contributed by atoms with E-state index >= 15 is 0 Å². The molecule has 1 atom stereocenters. The molecule has 1 heterocycles. The Morgan fingerprint density at radius 3 is 2.39 bits per heavy atom. The monoisotopic (exact) mass is 484 g/mol. The summed E-state index contributed by atoms with van der Waals surface area (Å²) >= 11 is 0. The molecule has 1 amide bonds. The minimum absolute atomic E-state index is 0.166. The lowest BCUT2D eigenvalue weighted by molar-refractivity contribution is 0.0951. The molecule has 0 aromatic heterocycles. The van der Waals surface area contributed by atoms with Crippen LogP contribution in [0, 0.1) is 5.41 Å². The molecule has 1 saturated heterocycles. The van der Waals surface area contributed by atoms with Gasteiger partial charge in [-0.2, -0.15) is 0 Å². The number of ether oxygens (including phenoxy) is 1. The van der Waals surface area contributed by atoms with Gasteiger partial charge in [0.05, 0.1) is 5.71 Å². The Balaban J connectivity index is 1.41.